The van der Waals surface area contributed by atoms with Crippen LogP contribution < -0.4 is 5.32 Å². The first-order chi connectivity index (χ1) is 14.5. The van der Waals surface area contributed by atoms with Gasteiger partial charge in [0.15, 0.2) is 11.6 Å². The maximum Gasteiger partial charge on any atom is 0.410 e. The number of aryl methyl sites for hydroxylation is 1. The highest BCUT2D eigenvalue weighted by atomic mass is 19.2. The first-order valence-corrected chi connectivity index (χ1v) is 10.4. The van der Waals surface area contributed by atoms with Crippen molar-refractivity contribution in [2.45, 2.75) is 52.2 Å². The number of ether oxygens (including phenoxy) is 3. The molecule has 1 aromatic carbocycles. The van der Waals surface area contributed by atoms with Gasteiger partial charge in [-0.2, -0.15) is 0 Å². The average molecular weight is 443 g/mol. The number of hydrogen-bond donors (Lipinski definition) is 1. The van der Waals surface area contributed by atoms with Gasteiger partial charge >= 0.3 is 12.2 Å². The van der Waals surface area contributed by atoms with Crippen molar-refractivity contribution in [1.29, 1.82) is 0 Å². The Labute approximate surface area is 182 Å². The summed E-state index contributed by atoms with van der Waals surface area (Å²) in [6.45, 7) is 8.08. The molecule has 0 bridgehead atoms. The van der Waals surface area contributed by atoms with Crippen molar-refractivity contribution in [2.24, 2.45) is 5.92 Å². The quantitative estimate of drug-likeness (QED) is 0.664. The molecule has 1 aromatic rings. The number of amides is 2. The Morgan fingerprint density at radius 3 is 2.65 bits per heavy atom. The predicted octanol–water partition coefficient (Wildman–Crippen LogP) is 4.33. The molecule has 0 aromatic heterocycles. The number of carbonyl (C=O) groups is 2. The predicted molar refractivity (Wildman–Crippen MR) is 111 cm³/mol. The maximum absolute atomic E-state index is 14.8. The molecule has 1 aliphatic heterocycles. The molecule has 9 heteroatoms. The maximum atomic E-state index is 14.8. The molecular formula is C22H32F2N2O5. The monoisotopic (exact) mass is 442 g/mol. The van der Waals surface area contributed by atoms with Crippen LogP contribution in [-0.4, -0.2) is 56.0 Å². The Bertz CT molecular complexity index is 782. The van der Waals surface area contributed by atoms with Crippen LogP contribution in [0.3, 0.4) is 0 Å². The average Bonchev–Trinajstić information content (AvgIpc) is 2.71. The van der Waals surface area contributed by atoms with Crippen LogP contribution in [0.5, 0.6) is 0 Å². The van der Waals surface area contributed by atoms with E-state index in [1.165, 1.54) is 13.2 Å². The summed E-state index contributed by atoms with van der Waals surface area (Å²) in [5.74, 6) is -2.18. The minimum absolute atomic E-state index is 0.0676. The molecule has 31 heavy (non-hydrogen) atoms. The Hall–Kier alpha value is -2.42. The second-order valence-electron chi connectivity index (χ2n) is 8.63. The first kappa shape index (κ1) is 24.8. The number of likely N-dealkylation sites (tertiary alicyclic amines) is 1. The molecule has 2 atom stereocenters. The van der Waals surface area contributed by atoms with Crippen LogP contribution >= 0.6 is 0 Å². The lowest BCUT2D eigenvalue weighted by Gasteiger charge is -2.38. The molecule has 1 fully saturated rings. The van der Waals surface area contributed by atoms with E-state index in [9.17, 15) is 18.4 Å². The summed E-state index contributed by atoms with van der Waals surface area (Å²) < 4.78 is 44.8. The summed E-state index contributed by atoms with van der Waals surface area (Å²) in [6.07, 6.45) is -0.494. The van der Waals surface area contributed by atoms with Crippen molar-refractivity contribution < 1.29 is 32.6 Å². The second-order valence-corrected chi connectivity index (χ2v) is 8.63. The van der Waals surface area contributed by atoms with E-state index >= 15 is 0 Å². The Balaban J connectivity index is 2.22. The lowest BCUT2D eigenvalue weighted by Crippen LogP contribution is -2.44. The lowest BCUT2D eigenvalue weighted by atomic mass is 9.86. The van der Waals surface area contributed by atoms with Gasteiger partial charge in [0.25, 0.3) is 0 Å². The molecule has 174 valence electrons. The van der Waals surface area contributed by atoms with Crippen molar-refractivity contribution in [2.75, 3.05) is 33.4 Å². The lowest BCUT2D eigenvalue weighted by molar-refractivity contribution is -0.0263. The van der Waals surface area contributed by atoms with Gasteiger partial charge in [0.1, 0.15) is 5.60 Å². The van der Waals surface area contributed by atoms with Gasteiger partial charge in [-0.05, 0) is 52.2 Å². The molecule has 1 N–H and O–H groups in total. The zero-order valence-corrected chi connectivity index (χ0v) is 18.8. The number of carbonyl (C=O) groups excluding carboxylic acids is 2. The van der Waals surface area contributed by atoms with Crippen LogP contribution in [0.1, 0.15) is 50.8 Å². The number of methoxy groups -OCH3 is 1. The summed E-state index contributed by atoms with van der Waals surface area (Å²) in [5.41, 5.74) is 0.0541. The summed E-state index contributed by atoms with van der Waals surface area (Å²) in [7, 11) is 1.25. The summed E-state index contributed by atoms with van der Waals surface area (Å²) in [4.78, 5) is 25.4. The molecule has 2 amide bonds. The molecule has 7 nitrogen and oxygen atoms in total. The van der Waals surface area contributed by atoms with E-state index in [2.05, 4.69) is 10.1 Å². The summed E-state index contributed by atoms with van der Waals surface area (Å²) in [5, 5.41) is 2.50. The fourth-order valence-corrected chi connectivity index (χ4v) is 3.63. The highest BCUT2D eigenvalue weighted by Crippen LogP contribution is 2.36. The third-order valence-electron chi connectivity index (χ3n) is 5.03. The fraction of sp³-hybridized carbons (Fsp3) is 0.636. The van der Waals surface area contributed by atoms with Crippen LogP contribution in [0.2, 0.25) is 0 Å². The van der Waals surface area contributed by atoms with Gasteiger partial charge in [-0.1, -0.05) is 6.07 Å². The van der Waals surface area contributed by atoms with Crippen LogP contribution in [0.15, 0.2) is 12.1 Å². The van der Waals surface area contributed by atoms with Crippen molar-refractivity contribution in [3.05, 3.63) is 34.9 Å². The van der Waals surface area contributed by atoms with Crippen molar-refractivity contribution >= 4 is 12.2 Å². The van der Waals surface area contributed by atoms with Gasteiger partial charge in [0.05, 0.1) is 19.8 Å². The second kappa shape index (κ2) is 10.7. The molecule has 1 aliphatic rings. The SMILES string of the molecule is COC(=O)NCCOC(c1c(C)ccc(F)c1F)[C@@H]1CCCN(C(=O)OC(C)(C)C)C1. The van der Waals surface area contributed by atoms with E-state index in [1.807, 2.05) is 0 Å². The normalized spacial score (nSPS) is 17.8. The number of rotatable bonds is 6. The minimum Gasteiger partial charge on any atom is -0.453 e. The summed E-state index contributed by atoms with van der Waals surface area (Å²) >= 11 is 0. The van der Waals surface area contributed by atoms with E-state index in [4.69, 9.17) is 9.47 Å². The van der Waals surface area contributed by atoms with E-state index in [0.29, 0.717) is 31.5 Å². The largest absolute Gasteiger partial charge is 0.453 e. The topological polar surface area (TPSA) is 77.1 Å². The number of alkyl carbamates (subject to hydrolysis) is 1. The highest BCUT2D eigenvalue weighted by Gasteiger charge is 2.35. The number of halogens is 2. The molecule has 0 saturated carbocycles. The Morgan fingerprint density at radius 1 is 1.29 bits per heavy atom. The number of hydrogen-bond acceptors (Lipinski definition) is 5. The number of piperidine rings is 1. The van der Waals surface area contributed by atoms with Gasteiger partial charge in [-0.3, -0.25) is 0 Å². The highest BCUT2D eigenvalue weighted by molar-refractivity contribution is 5.68. The standard InChI is InChI=1S/C22H32F2N2O5/c1-14-8-9-16(23)18(24)17(14)19(30-12-10-25-20(27)29-5)15-7-6-11-26(13-15)21(28)31-22(2,3)4/h8-9,15,19H,6-7,10-13H2,1-5H3,(H,25,27)/t15-,19?/m1/s1. The van der Waals surface area contributed by atoms with Crippen molar-refractivity contribution in [1.82, 2.24) is 10.2 Å². The third-order valence-corrected chi connectivity index (χ3v) is 5.03. The Morgan fingerprint density at radius 2 is 2.00 bits per heavy atom. The molecule has 0 radical (unpaired) electrons. The fourth-order valence-electron chi connectivity index (χ4n) is 3.63. The van der Waals surface area contributed by atoms with E-state index in [1.54, 1.807) is 32.6 Å². The first-order valence-electron chi connectivity index (χ1n) is 10.4. The molecule has 1 heterocycles. The molecule has 2 rings (SSSR count). The van der Waals surface area contributed by atoms with E-state index in [-0.39, 0.29) is 24.6 Å². The van der Waals surface area contributed by atoms with Crippen LogP contribution in [0, 0.1) is 24.5 Å². The molecule has 0 aliphatic carbocycles. The van der Waals surface area contributed by atoms with Gasteiger partial charge in [-0.25, -0.2) is 18.4 Å². The third kappa shape index (κ3) is 7.05. The van der Waals surface area contributed by atoms with Gasteiger partial charge in [-0.15, -0.1) is 0 Å². The number of benzene rings is 1. The smallest absolute Gasteiger partial charge is 0.410 e. The van der Waals surface area contributed by atoms with E-state index < -0.39 is 35.5 Å². The molecular weight excluding hydrogens is 410 g/mol. The number of nitrogens with zero attached hydrogens (tertiary/aromatic N) is 1. The molecule has 1 unspecified atom stereocenters. The minimum atomic E-state index is -0.958. The van der Waals surface area contributed by atoms with Crippen molar-refractivity contribution in [3.8, 4) is 0 Å². The van der Waals surface area contributed by atoms with E-state index in [0.717, 1.165) is 6.07 Å². The summed E-state index contributed by atoms with van der Waals surface area (Å²) in [6, 6.07) is 2.59. The van der Waals surface area contributed by atoms with Crippen LogP contribution in [0.4, 0.5) is 18.4 Å². The van der Waals surface area contributed by atoms with Crippen LogP contribution in [0.25, 0.3) is 0 Å². The van der Waals surface area contributed by atoms with Gasteiger partial charge in [0.2, 0.25) is 0 Å². The molecule has 0 spiro atoms. The number of nitrogens with one attached hydrogen (secondary N) is 1. The zero-order valence-electron chi connectivity index (χ0n) is 18.8. The molecule has 1 saturated heterocycles. The van der Waals surface area contributed by atoms with Gasteiger partial charge < -0.3 is 24.4 Å². The van der Waals surface area contributed by atoms with Gasteiger partial charge in [0, 0.05) is 31.1 Å². The zero-order chi connectivity index (χ0) is 23.2. The Kier molecular flexibility index (Phi) is 8.61. The van der Waals surface area contributed by atoms with Crippen molar-refractivity contribution in [3.63, 3.8) is 0 Å². The van der Waals surface area contributed by atoms with Crippen LogP contribution in [-0.2, 0) is 14.2 Å².